The number of nitrogens with zero attached hydrogens (tertiary/aromatic N) is 2. The maximum Gasteiger partial charge on any atom is 0.331 e. The summed E-state index contributed by atoms with van der Waals surface area (Å²) in [6, 6.07) is 0. The maximum absolute atomic E-state index is 11.7. The van der Waals surface area contributed by atoms with Gasteiger partial charge in [0.05, 0.1) is 13.2 Å². The second-order valence-corrected chi connectivity index (χ2v) is 7.60. The van der Waals surface area contributed by atoms with Gasteiger partial charge in [-0.25, -0.2) is 9.59 Å². The molecule has 0 radical (unpaired) electrons. The van der Waals surface area contributed by atoms with E-state index in [1.54, 1.807) is 0 Å². The number of piperidine rings is 1. The summed E-state index contributed by atoms with van der Waals surface area (Å²) in [7, 11) is 0. The first-order valence-electron chi connectivity index (χ1n) is 11.1. The fourth-order valence-corrected chi connectivity index (χ4v) is 3.32. The van der Waals surface area contributed by atoms with Crippen LogP contribution in [0.4, 0.5) is 0 Å². The Morgan fingerprint density at radius 1 is 0.719 bits per heavy atom. The van der Waals surface area contributed by atoms with E-state index in [2.05, 4.69) is 20.4 Å². The van der Waals surface area contributed by atoms with Gasteiger partial charge in [0.1, 0.15) is 0 Å². The Bertz CT molecular complexity index is 590. The lowest BCUT2D eigenvalue weighted by Gasteiger charge is -2.26. The van der Waals surface area contributed by atoms with Crippen molar-refractivity contribution in [2.75, 3.05) is 78.8 Å². The number of hydrogen-bond donors (Lipinski definition) is 2. The molecule has 2 fully saturated rings. The van der Waals surface area contributed by atoms with Crippen LogP contribution in [0.5, 0.6) is 0 Å². The molecule has 180 valence electrons. The number of carbonyl (C=O) groups is 4. The third kappa shape index (κ3) is 11.8. The Morgan fingerprint density at radius 2 is 1.19 bits per heavy atom. The standard InChI is InChI=1S/C21H34N4O7/c26-18(22-6-10-24-8-2-1-3-9-24)16-31-20(28)4-5-21(29)32-17-19(27)23-7-11-25-12-14-30-15-13-25/h4-5H,1-3,6-17H2,(H,22,26)(H,23,27)/b5-4+. The van der Waals surface area contributed by atoms with Crippen molar-refractivity contribution in [3.05, 3.63) is 12.2 Å². The van der Waals surface area contributed by atoms with Crippen LogP contribution in [0.2, 0.25) is 0 Å². The Balaban J connectivity index is 1.48. The summed E-state index contributed by atoms with van der Waals surface area (Å²) in [4.78, 5) is 51.1. The Hall–Kier alpha value is -2.50. The molecule has 0 bridgehead atoms. The summed E-state index contributed by atoms with van der Waals surface area (Å²) in [6.07, 6.45) is 5.33. The Labute approximate surface area is 188 Å². The molecule has 2 heterocycles. The van der Waals surface area contributed by atoms with Crippen LogP contribution >= 0.6 is 0 Å². The lowest BCUT2D eigenvalue weighted by atomic mass is 10.1. The molecule has 2 N–H and O–H groups in total. The summed E-state index contributed by atoms with van der Waals surface area (Å²) in [5.41, 5.74) is 0. The molecule has 0 unspecified atom stereocenters. The van der Waals surface area contributed by atoms with Crippen molar-refractivity contribution in [2.45, 2.75) is 19.3 Å². The van der Waals surface area contributed by atoms with Crippen molar-refractivity contribution >= 4 is 23.8 Å². The normalized spacial score (nSPS) is 17.6. The highest BCUT2D eigenvalue weighted by atomic mass is 16.5. The van der Waals surface area contributed by atoms with E-state index in [4.69, 9.17) is 14.2 Å². The van der Waals surface area contributed by atoms with E-state index in [-0.39, 0.29) is 0 Å². The highest BCUT2D eigenvalue weighted by molar-refractivity contribution is 5.93. The number of amides is 2. The van der Waals surface area contributed by atoms with E-state index in [1.807, 2.05) is 0 Å². The molecule has 0 aromatic heterocycles. The van der Waals surface area contributed by atoms with E-state index >= 15 is 0 Å². The average molecular weight is 455 g/mol. The van der Waals surface area contributed by atoms with Crippen molar-refractivity contribution in [3.63, 3.8) is 0 Å². The number of ether oxygens (including phenoxy) is 3. The molecule has 0 aromatic carbocycles. The smallest absolute Gasteiger partial charge is 0.331 e. The minimum absolute atomic E-state index is 0.403. The fourth-order valence-electron chi connectivity index (χ4n) is 3.32. The van der Waals surface area contributed by atoms with Crippen LogP contribution in [0, 0.1) is 0 Å². The van der Waals surface area contributed by atoms with Crippen LogP contribution in [-0.2, 0) is 33.4 Å². The first-order valence-corrected chi connectivity index (χ1v) is 11.1. The molecule has 0 aromatic rings. The van der Waals surface area contributed by atoms with Gasteiger partial charge >= 0.3 is 11.9 Å². The van der Waals surface area contributed by atoms with Gasteiger partial charge in [-0.1, -0.05) is 6.42 Å². The number of hydrogen-bond acceptors (Lipinski definition) is 9. The minimum atomic E-state index is -0.851. The number of carbonyl (C=O) groups excluding carboxylic acids is 4. The van der Waals surface area contributed by atoms with Crippen LogP contribution in [0.25, 0.3) is 0 Å². The number of rotatable bonds is 12. The zero-order valence-corrected chi connectivity index (χ0v) is 18.5. The van der Waals surface area contributed by atoms with Crippen LogP contribution in [0.3, 0.4) is 0 Å². The third-order valence-corrected chi connectivity index (χ3v) is 5.10. The topological polar surface area (TPSA) is 127 Å². The number of likely N-dealkylation sites (tertiary alicyclic amines) is 1. The largest absolute Gasteiger partial charge is 0.452 e. The van der Waals surface area contributed by atoms with Crippen LogP contribution in [0.15, 0.2) is 12.2 Å². The molecule has 0 aliphatic carbocycles. The van der Waals surface area contributed by atoms with Crippen molar-refractivity contribution in [3.8, 4) is 0 Å². The van der Waals surface area contributed by atoms with Gasteiger partial charge in [-0.15, -0.1) is 0 Å². The second kappa shape index (κ2) is 15.3. The summed E-state index contributed by atoms with van der Waals surface area (Å²) < 4.78 is 14.8. The van der Waals surface area contributed by atoms with Gasteiger partial charge in [0.25, 0.3) is 11.8 Å². The molecule has 11 nitrogen and oxygen atoms in total. The van der Waals surface area contributed by atoms with Crippen LogP contribution < -0.4 is 10.6 Å². The maximum atomic E-state index is 11.7. The average Bonchev–Trinajstić information content (AvgIpc) is 2.81. The molecule has 0 atom stereocenters. The summed E-state index contributed by atoms with van der Waals surface area (Å²) in [5.74, 6) is -2.52. The molecule has 2 saturated heterocycles. The third-order valence-electron chi connectivity index (χ3n) is 5.10. The minimum Gasteiger partial charge on any atom is -0.452 e. The van der Waals surface area contributed by atoms with Crippen LogP contribution in [-0.4, -0.2) is 112 Å². The Kier molecular flexibility index (Phi) is 12.3. The number of esters is 2. The van der Waals surface area contributed by atoms with Gasteiger partial charge in [-0.3, -0.25) is 14.5 Å². The number of morpholine rings is 1. The highest BCUT2D eigenvalue weighted by Crippen LogP contribution is 2.07. The highest BCUT2D eigenvalue weighted by Gasteiger charge is 2.12. The molecular weight excluding hydrogens is 420 g/mol. The zero-order valence-electron chi connectivity index (χ0n) is 18.5. The number of nitrogens with one attached hydrogen (secondary N) is 2. The van der Waals surface area contributed by atoms with Gasteiger partial charge < -0.3 is 29.7 Å². The molecule has 32 heavy (non-hydrogen) atoms. The van der Waals surface area contributed by atoms with Crippen molar-refractivity contribution in [2.24, 2.45) is 0 Å². The first kappa shape index (κ1) is 25.8. The van der Waals surface area contributed by atoms with Gasteiger partial charge in [0, 0.05) is 51.4 Å². The van der Waals surface area contributed by atoms with E-state index in [1.165, 1.54) is 19.3 Å². The molecule has 2 rings (SSSR count). The lowest BCUT2D eigenvalue weighted by Crippen LogP contribution is -2.42. The monoisotopic (exact) mass is 454 g/mol. The van der Waals surface area contributed by atoms with Gasteiger partial charge in [0.15, 0.2) is 13.2 Å². The first-order chi connectivity index (χ1) is 15.5. The second-order valence-electron chi connectivity index (χ2n) is 7.60. The predicted octanol–water partition coefficient (Wildman–Crippen LogP) is -1.32. The zero-order chi connectivity index (χ0) is 23.0. The summed E-state index contributed by atoms with van der Waals surface area (Å²) in [5, 5.41) is 5.35. The quantitative estimate of drug-likeness (QED) is 0.273. The molecular formula is C21H34N4O7. The van der Waals surface area contributed by atoms with E-state index < -0.39 is 37.0 Å². The van der Waals surface area contributed by atoms with Crippen molar-refractivity contribution in [1.29, 1.82) is 0 Å². The van der Waals surface area contributed by atoms with Gasteiger partial charge in [-0.05, 0) is 25.9 Å². The van der Waals surface area contributed by atoms with E-state index in [0.717, 1.165) is 44.9 Å². The molecule has 2 aliphatic rings. The summed E-state index contributed by atoms with van der Waals surface area (Å²) in [6.45, 7) is 6.64. The fraction of sp³-hybridized carbons (Fsp3) is 0.714. The Morgan fingerprint density at radius 3 is 1.69 bits per heavy atom. The van der Waals surface area contributed by atoms with Crippen molar-refractivity contribution < 1.29 is 33.4 Å². The molecule has 0 saturated carbocycles. The molecule has 2 aliphatic heterocycles. The molecule has 2 amide bonds. The van der Waals surface area contributed by atoms with E-state index in [0.29, 0.717) is 32.8 Å². The SMILES string of the molecule is O=C(COC(=O)/C=C/C(=O)OCC(=O)NCCN1CCOCC1)NCCN1CCCCC1. The summed E-state index contributed by atoms with van der Waals surface area (Å²) >= 11 is 0. The lowest BCUT2D eigenvalue weighted by molar-refractivity contribution is -0.145. The van der Waals surface area contributed by atoms with Crippen molar-refractivity contribution in [1.82, 2.24) is 20.4 Å². The molecule has 0 spiro atoms. The van der Waals surface area contributed by atoms with Gasteiger partial charge in [-0.2, -0.15) is 0 Å². The van der Waals surface area contributed by atoms with E-state index in [9.17, 15) is 19.2 Å². The predicted molar refractivity (Wildman–Crippen MR) is 115 cm³/mol. The van der Waals surface area contributed by atoms with Gasteiger partial charge in [0.2, 0.25) is 0 Å². The molecule has 11 heteroatoms. The van der Waals surface area contributed by atoms with Crippen LogP contribution in [0.1, 0.15) is 19.3 Å².